The van der Waals surface area contributed by atoms with Gasteiger partial charge in [-0.25, -0.2) is 9.59 Å². The highest BCUT2D eigenvalue weighted by Gasteiger charge is 2.50. The van der Waals surface area contributed by atoms with Gasteiger partial charge in [0.25, 0.3) is 0 Å². The van der Waals surface area contributed by atoms with Crippen molar-refractivity contribution in [2.24, 2.45) is 0 Å². The first-order valence-corrected chi connectivity index (χ1v) is 9.51. The van der Waals surface area contributed by atoms with Crippen LogP contribution in [-0.2, 0) is 38.3 Å². The number of hydrogen-bond acceptors (Lipinski definition) is 10. The first kappa shape index (κ1) is 28.5. The molecule has 0 aliphatic rings. The molecular formula is C20H21NO14. The van der Waals surface area contributed by atoms with E-state index in [1.165, 1.54) is 31.2 Å². The summed E-state index contributed by atoms with van der Waals surface area (Å²) in [6.07, 6.45) is -5.84. The molecule has 0 saturated heterocycles. The van der Waals surface area contributed by atoms with Gasteiger partial charge in [-0.2, -0.15) is 0 Å². The molecule has 1 amide bonds. The van der Waals surface area contributed by atoms with Crippen molar-refractivity contribution < 1.29 is 68.6 Å². The third kappa shape index (κ3) is 8.73. The van der Waals surface area contributed by atoms with E-state index in [-0.39, 0.29) is 11.7 Å². The van der Waals surface area contributed by atoms with Gasteiger partial charge in [0.15, 0.2) is 5.60 Å². The van der Waals surface area contributed by atoms with Crippen LogP contribution in [0.3, 0.4) is 0 Å². The fourth-order valence-corrected chi connectivity index (χ4v) is 2.74. The summed E-state index contributed by atoms with van der Waals surface area (Å²) in [5.74, 6) is -11.6. The minimum absolute atomic E-state index is 0.147. The molecule has 0 saturated carbocycles. The van der Waals surface area contributed by atoms with E-state index in [0.717, 1.165) is 0 Å². The van der Waals surface area contributed by atoms with Gasteiger partial charge < -0.3 is 40.3 Å². The predicted molar refractivity (Wildman–Crippen MR) is 109 cm³/mol. The summed E-state index contributed by atoms with van der Waals surface area (Å²) in [7, 11) is 0. The van der Waals surface area contributed by atoms with Crippen LogP contribution in [-0.4, -0.2) is 78.5 Å². The molecule has 2 unspecified atom stereocenters. The number of carbonyl (C=O) groups is 7. The predicted octanol–water partition coefficient (Wildman–Crippen LogP) is -0.538. The van der Waals surface area contributed by atoms with Gasteiger partial charge in [-0.15, -0.1) is 0 Å². The fraction of sp³-hybridized carbons (Fsp3) is 0.350. The Morgan fingerprint density at radius 2 is 1.31 bits per heavy atom. The number of hydrogen-bond donors (Lipinski definition) is 6. The van der Waals surface area contributed by atoms with Crippen molar-refractivity contribution in [3.8, 4) is 5.75 Å². The smallest absolute Gasteiger partial charge is 0.349 e. The molecule has 0 aromatic heterocycles. The molecule has 15 nitrogen and oxygen atoms in total. The van der Waals surface area contributed by atoms with E-state index in [0.29, 0.717) is 5.69 Å². The van der Waals surface area contributed by atoms with E-state index in [2.05, 4.69) is 10.1 Å². The van der Waals surface area contributed by atoms with E-state index in [1.807, 2.05) is 0 Å². The summed E-state index contributed by atoms with van der Waals surface area (Å²) in [6.45, 7) is 1.25. The molecule has 35 heavy (non-hydrogen) atoms. The topological polar surface area (TPSA) is 251 Å². The Bertz CT molecular complexity index is 1030. The molecule has 0 bridgehead atoms. The van der Waals surface area contributed by atoms with Crippen LogP contribution in [0.25, 0.3) is 0 Å². The highest BCUT2D eigenvalue weighted by molar-refractivity contribution is 5.93. The van der Waals surface area contributed by atoms with Crippen LogP contribution in [0.15, 0.2) is 24.3 Å². The van der Waals surface area contributed by atoms with Crippen molar-refractivity contribution in [3.63, 3.8) is 0 Å². The van der Waals surface area contributed by atoms with Gasteiger partial charge in [-0.05, 0) is 24.3 Å². The van der Waals surface area contributed by atoms with Gasteiger partial charge >= 0.3 is 35.8 Å². The molecule has 0 spiro atoms. The Morgan fingerprint density at radius 3 is 1.74 bits per heavy atom. The lowest BCUT2D eigenvalue weighted by Gasteiger charge is -2.28. The lowest BCUT2D eigenvalue weighted by atomic mass is 9.93. The van der Waals surface area contributed by atoms with E-state index in [4.69, 9.17) is 20.1 Å². The number of aliphatic hydroxyl groups is 1. The summed E-state index contributed by atoms with van der Waals surface area (Å²) in [5, 5.41) is 48.8. The highest BCUT2D eigenvalue weighted by Crippen LogP contribution is 2.27. The first-order chi connectivity index (χ1) is 16.1. The van der Waals surface area contributed by atoms with Crippen LogP contribution in [0.4, 0.5) is 5.69 Å². The second kappa shape index (κ2) is 11.6. The average Bonchev–Trinajstić information content (AvgIpc) is 2.67. The Hall–Kier alpha value is -4.53. The number of amides is 1. The zero-order valence-electron chi connectivity index (χ0n) is 18.0. The van der Waals surface area contributed by atoms with E-state index >= 15 is 0 Å². The van der Waals surface area contributed by atoms with Crippen molar-refractivity contribution in [1.29, 1.82) is 0 Å². The summed E-state index contributed by atoms with van der Waals surface area (Å²) >= 11 is 0. The molecule has 1 rings (SSSR count). The number of carboxylic acids is 4. The fourth-order valence-electron chi connectivity index (χ4n) is 2.74. The number of anilines is 1. The third-order valence-electron chi connectivity index (χ3n) is 4.25. The Labute approximate surface area is 195 Å². The Balaban J connectivity index is 3.12. The lowest BCUT2D eigenvalue weighted by molar-refractivity contribution is -0.191. The maximum Gasteiger partial charge on any atom is 0.349 e. The van der Waals surface area contributed by atoms with Crippen molar-refractivity contribution in [2.45, 2.75) is 43.8 Å². The molecule has 6 N–H and O–H groups in total. The van der Waals surface area contributed by atoms with Crippen molar-refractivity contribution in [3.05, 3.63) is 24.3 Å². The SMILES string of the molecule is CC(=O)Nc1ccc(OC(=O)CC(CC(=O)O)(OC(=O)CC(O)(CC(=O)O)C(=O)O)C(=O)O)cc1. The summed E-state index contributed by atoms with van der Waals surface area (Å²) in [5.41, 5.74) is -5.95. The van der Waals surface area contributed by atoms with Gasteiger partial charge in [0.1, 0.15) is 5.75 Å². The monoisotopic (exact) mass is 499 g/mol. The Kier molecular flexibility index (Phi) is 9.41. The molecule has 190 valence electrons. The van der Waals surface area contributed by atoms with E-state index < -0.39 is 72.7 Å². The minimum Gasteiger partial charge on any atom is -0.481 e. The van der Waals surface area contributed by atoms with Gasteiger partial charge in [0.2, 0.25) is 11.5 Å². The standard InChI is InChI=1S/C20H21NO14/c1-10(22)21-11-2-4-12(5-3-11)34-15(27)9-20(18(31)32,7-14(25)26)35-16(28)8-19(33,17(29)30)6-13(23)24/h2-5,33H,6-9H2,1H3,(H,21,22)(H,23,24)(H,25,26)(H,29,30)(H,31,32). The molecule has 1 aromatic rings. The molecule has 15 heteroatoms. The average molecular weight is 499 g/mol. The molecule has 0 radical (unpaired) electrons. The molecule has 0 aliphatic heterocycles. The number of benzene rings is 1. The number of nitrogens with one attached hydrogen (secondary N) is 1. The molecule has 0 aliphatic carbocycles. The van der Waals surface area contributed by atoms with Gasteiger partial charge in [0.05, 0.1) is 25.7 Å². The first-order valence-electron chi connectivity index (χ1n) is 9.51. The number of carboxylic acid groups (broad SMARTS) is 4. The number of aliphatic carboxylic acids is 4. The van der Waals surface area contributed by atoms with Crippen LogP contribution in [0.2, 0.25) is 0 Å². The molecule has 1 aromatic carbocycles. The number of ether oxygens (including phenoxy) is 2. The second-order valence-electron chi connectivity index (χ2n) is 7.28. The van der Waals surface area contributed by atoms with Crippen molar-refractivity contribution in [1.82, 2.24) is 0 Å². The highest BCUT2D eigenvalue weighted by atomic mass is 16.6. The van der Waals surface area contributed by atoms with Crippen molar-refractivity contribution >= 4 is 47.4 Å². The quantitative estimate of drug-likeness (QED) is 0.147. The zero-order valence-corrected chi connectivity index (χ0v) is 18.0. The van der Waals surface area contributed by atoms with Crippen LogP contribution >= 0.6 is 0 Å². The van der Waals surface area contributed by atoms with Gasteiger partial charge in [-0.1, -0.05) is 0 Å². The van der Waals surface area contributed by atoms with Crippen molar-refractivity contribution in [2.75, 3.05) is 5.32 Å². The maximum atomic E-state index is 12.3. The summed E-state index contributed by atoms with van der Waals surface area (Å²) in [6, 6.07) is 5.10. The van der Waals surface area contributed by atoms with E-state index in [9.17, 15) is 43.8 Å². The summed E-state index contributed by atoms with van der Waals surface area (Å²) in [4.78, 5) is 80.7. The molecule has 0 fully saturated rings. The molecule has 2 atom stereocenters. The largest absolute Gasteiger partial charge is 0.481 e. The number of carbonyl (C=O) groups excluding carboxylic acids is 3. The zero-order chi connectivity index (χ0) is 27.0. The normalized spacial score (nSPS) is 13.9. The molecule has 0 heterocycles. The summed E-state index contributed by atoms with van der Waals surface area (Å²) < 4.78 is 9.54. The number of rotatable bonds is 13. The van der Waals surface area contributed by atoms with E-state index in [1.54, 1.807) is 0 Å². The minimum atomic E-state index is -3.20. The second-order valence-corrected chi connectivity index (χ2v) is 7.28. The third-order valence-corrected chi connectivity index (χ3v) is 4.25. The van der Waals surface area contributed by atoms with Crippen LogP contribution in [0.1, 0.15) is 32.6 Å². The van der Waals surface area contributed by atoms with Crippen LogP contribution < -0.4 is 10.1 Å². The van der Waals surface area contributed by atoms with Crippen LogP contribution in [0, 0.1) is 0 Å². The maximum absolute atomic E-state index is 12.3. The van der Waals surface area contributed by atoms with Gasteiger partial charge in [0, 0.05) is 12.6 Å². The lowest BCUT2D eigenvalue weighted by Crippen LogP contribution is -2.50. The Morgan fingerprint density at radius 1 is 0.771 bits per heavy atom. The molecular weight excluding hydrogens is 478 g/mol. The van der Waals surface area contributed by atoms with Crippen LogP contribution in [0.5, 0.6) is 5.75 Å². The van der Waals surface area contributed by atoms with Gasteiger partial charge in [-0.3, -0.25) is 24.0 Å². The number of esters is 2.